The summed E-state index contributed by atoms with van der Waals surface area (Å²) < 4.78 is 34.6. The molecule has 1 aromatic carbocycles. The predicted octanol–water partition coefficient (Wildman–Crippen LogP) is 2.69. The molecular formula is C17H29N3O6SSi. The topological polar surface area (TPSA) is 134 Å². The van der Waals surface area contributed by atoms with E-state index in [2.05, 4.69) is 39.2 Å². The molecule has 0 amide bonds. The highest BCUT2D eigenvalue weighted by Gasteiger charge is 2.44. The zero-order chi connectivity index (χ0) is 21.4. The summed E-state index contributed by atoms with van der Waals surface area (Å²) in [5.41, 5.74) is -0.384. The lowest BCUT2D eigenvalue weighted by molar-refractivity contribution is -0.384. The fraction of sp³-hybridized carbons (Fsp3) is 0.647. The molecule has 3 N–H and O–H groups in total. The molecule has 0 atom stereocenters. The number of sulfonamides is 1. The number of hydrogen-bond acceptors (Lipinski definition) is 7. The van der Waals surface area contributed by atoms with Crippen LogP contribution in [0.25, 0.3) is 0 Å². The molecule has 1 saturated heterocycles. The van der Waals surface area contributed by atoms with Gasteiger partial charge in [0.25, 0.3) is 5.69 Å². The molecule has 0 saturated carbocycles. The minimum atomic E-state index is -4.02. The van der Waals surface area contributed by atoms with Gasteiger partial charge in [0.05, 0.1) is 28.4 Å². The average molecular weight is 432 g/mol. The van der Waals surface area contributed by atoms with Crippen LogP contribution in [0.2, 0.25) is 18.1 Å². The predicted molar refractivity (Wildman–Crippen MR) is 109 cm³/mol. The van der Waals surface area contributed by atoms with Crippen LogP contribution < -0.4 is 10.5 Å². The quantitative estimate of drug-likeness (QED) is 0.367. The monoisotopic (exact) mass is 431 g/mol. The lowest BCUT2D eigenvalue weighted by atomic mass is 9.87. The van der Waals surface area contributed by atoms with Crippen LogP contribution in [-0.2, 0) is 19.2 Å². The van der Waals surface area contributed by atoms with Crippen LogP contribution in [0.4, 0.5) is 11.4 Å². The number of benzene rings is 1. The van der Waals surface area contributed by atoms with E-state index >= 15 is 0 Å². The number of nitrogens with two attached hydrogens (primary N) is 1. The van der Waals surface area contributed by atoms with Gasteiger partial charge in [-0.25, -0.2) is 13.6 Å². The fourth-order valence-corrected chi connectivity index (χ4v) is 4.08. The van der Waals surface area contributed by atoms with Crippen molar-refractivity contribution in [3.63, 3.8) is 0 Å². The highest BCUT2D eigenvalue weighted by atomic mass is 32.2. The number of nitrogens with one attached hydrogen (secondary N) is 1. The fourth-order valence-electron chi connectivity index (χ4n) is 2.45. The second kappa shape index (κ2) is 7.71. The summed E-state index contributed by atoms with van der Waals surface area (Å²) >= 11 is 0. The van der Waals surface area contributed by atoms with E-state index in [1.54, 1.807) is 0 Å². The zero-order valence-electron chi connectivity index (χ0n) is 16.9. The molecule has 1 aliphatic heterocycles. The normalized spacial score (nSPS) is 17.1. The van der Waals surface area contributed by atoms with Gasteiger partial charge in [0.2, 0.25) is 10.0 Å². The van der Waals surface area contributed by atoms with Crippen molar-refractivity contribution < 1.29 is 22.5 Å². The average Bonchev–Trinajstić information content (AvgIpc) is 2.51. The van der Waals surface area contributed by atoms with Crippen LogP contribution >= 0.6 is 0 Å². The minimum Gasteiger partial charge on any atom is -0.416 e. The molecule has 2 rings (SSSR count). The number of nitro groups is 1. The van der Waals surface area contributed by atoms with Crippen molar-refractivity contribution in [1.82, 2.24) is 0 Å². The summed E-state index contributed by atoms with van der Waals surface area (Å²) in [4.78, 5) is 10.4. The largest absolute Gasteiger partial charge is 0.416 e. The zero-order valence-corrected chi connectivity index (χ0v) is 18.8. The molecule has 158 valence electrons. The first-order valence-corrected chi connectivity index (χ1v) is 13.4. The van der Waals surface area contributed by atoms with Gasteiger partial charge in [0, 0.05) is 19.2 Å². The second-order valence-electron chi connectivity index (χ2n) is 8.88. The number of primary sulfonamides is 1. The smallest absolute Gasteiger partial charge is 0.293 e. The van der Waals surface area contributed by atoms with E-state index in [-0.39, 0.29) is 26.7 Å². The highest BCUT2D eigenvalue weighted by molar-refractivity contribution is 7.89. The third-order valence-electron chi connectivity index (χ3n) is 5.51. The van der Waals surface area contributed by atoms with Gasteiger partial charge >= 0.3 is 0 Å². The minimum absolute atomic E-state index is 0.0779. The van der Waals surface area contributed by atoms with E-state index in [4.69, 9.17) is 14.3 Å². The number of hydrogen-bond donors (Lipinski definition) is 2. The van der Waals surface area contributed by atoms with E-state index in [1.807, 2.05) is 0 Å². The van der Waals surface area contributed by atoms with Crippen LogP contribution in [-0.4, -0.2) is 48.0 Å². The summed E-state index contributed by atoms with van der Waals surface area (Å²) in [7, 11) is -5.95. The van der Waals surface area contributed by atoms with Gasteiger partial charge in [-0.15, -0.1) is 0 Å². The standard InChI is InChI=1S/C17H29N3O6SSi/c1-16(2,3)28(4,5)26-12-17(10-25-11-17)9-19-14-7-6-13(27(18,23)24)8-15(14)20(21)22/h6-8,19H,9-12H2,1-5H3,(H2,18,23,24). The summed E-state index contributed by atoms with van der Waals surface area (Å²) in [5.74, 6) is 0. The van der Waals surface area contributed by atoms with Crippen molar-refractivity contribution >= 4 is 29.7 Å². The Bertz CT molecular complexity index is 847. The third-order valence-corrected chi connectivity index (χ3v) is 10.9. The molecule has 0 aliphatic carbocycles. The van der Waals surface area contributed by atoms with Crippen molar-refractivity contribution in [3.05, 3.63) is 28.3 Å². The van der Waals surface area contributed by atoms with E-state index < -0.39 is 23.3 Å². The van der Waals surface area contributed by atoms with Gasteiger partial charge in [-0.3, -0.25) is 10.1 Å². The molecule has 9 nitrogen and oxygen atoms in total. The lowest BCUT2D eigenvalue weighted by Gasteiger charge is -2.45. The summed E-state index contributed by atoms with van der Waals surface area (Å²) in [5, 5.41) is 19.6. The highest BCUT2D eigenvalue weighted by Crippen LogP contribution is 2.39. The van der Waals surface area contributed by atoms with Crippen LogP contribution in [0.5, 0.6) is 0 Å². The van der Waals surface area contributed by atoms with Crippen LogP contribution in [0.1, 0.15) is 20.8 Å². The van der Waals surface area contributed by atoms with Gasteiger partial charge in [-0.2, -0.15) is 0 Å². The Hall–Kier alpha value is -1.53. The van der Waals surface area contributed by atoms with E-state index in [1.165, 1.54) is 12.1 Å². The third kappa shape index (κ3) is 5.09. The Labute approximate surface area is 166 Å². The van der Waals surface area contributed by atoms with Crippen molar-refractivity contribution in [3.8, 4) is 0 Å². The molecule has 1 aliphatic rings. The van der Waals surface area contributed by atoms with Crippen molar-refractivity contribution in [2.45, 2.75) is 43.8 Å². The van der Waals surface area contributed by atoms with Crippen molar-refractivity contribution in [1.29, 1.82) is 0 Å². The Balaban J connectivity index is 2.14. The number of anilines is 1. The van der Waals surface area contributed by atoms with E-state index in [9.17, 15) is 18.5 Å². The maximum absolute atomic E-state index is 11.5. The number of nitro benzene ring substituents is 1. The van der Waals surface area contributed by atoms with Crippen LogP contribution in [0.15, 0.2) is 23.1 Å². The number of rotatable bonds is 8. The Morgan fingerprint density at radius 3 is 2.39 bits per heavy atom. The van der Waals surface area contributed by atoms with Crippen molar-refractivity contribution in [2.75, 3.05) is 31.7 Å². The summed E-state index contributed by atoms with van der Waals surface area (Å²) in [6.45, 7) is 12.7. The molecule has 1 aromatic rings. The molecule has 0 radical (unpaired) electrons. The maximum Gasteiger partial charge on any atom is 0.293 e. The molecule has 0 unspecified atom stereocenters. The van der Waals surface area contributed by atoms with Crippen molar-refractivity contribution in [2.24, 2.45) is 10.6 Å². The van der Waals surface area contributed by atoms with Gasteiger partial charge in [0.15, 0.2) is 8.32 Å². The molecule has 28 heavy (non-hydrogen) atoms. The first kappa shape index (κ1) is 22.8. The van der Waals surface area contributed by atoms with Crippen LogP contribution in [0.3, 0.4) is 0 Å². The SMILES string of the molecule is CC(C)(C)[Si](C)(C)OCC1(CNc2ccc(S(N)(=O)=O)cc2[N+](=O)[O-])COC1. The Kier molecular flexibility index (Phi) is 6.27. The van der Waals surface area contributed by atoms with E-state index in [0.29, 0.717) is 26.4 Å². The summed E-state index contributed by atoms with van der Waals surface area (Å²) in [6.07, 6.45) is 0. The van der Waals surface area contributed by atoms with Gasteiger partial charge in [-0.05, 0) is 30.3 Å². The number of ether oxygens (including phenoxy) is 1. The second-order valence-corrected chi connectivity index (χ2v) is 15.2. The van der Waals surface area contributed by atoms with Gasteiger partial charge in [0.1, 0.15) is 5.69 Å². The van der Waals surface area contributed by atoms with Gasteiger partial charge < -0.3 is 14.5 Å². The Morgan fingerprint density at radius 2 is 1.96 bits per heavy atom. The molecule has 1 heterocycles. The molecule has 0 aromatic heterocycles. The number of nitrogens with zero attached hydrogens (tertiary/aromatic N) is 1. The molecule has 0 bridgehead atoms. The Morgan fingerprint density at radius 1 is 1.36 bits per heavy atom. The molecule has 0 spiro atoms. The summed E-state index contributed by atoms with van der Waals surface area (Å²) in [6, 6.07) is 3.58. The maximum atomic E-state index is 11.5. The van der Waals surface area contributed by atoms with E-state index in [0.717, 1.165) is 6.07 Å². The molecule has 11 heteroatoms. The van der Waals surface area contributed by atoms with Gasteiger partial charge in [-0.1, -0.05) is 20.8 Å². The van der Waals surface area contributed by atoms with Crippen LogP contribution in [0, 0.1) is 15.5 Å². The lowest BCUT2D eigenvalue weighted by Crippen LogP contribution is -2.54. The molecular weight excluding hydrogens is 402 g/mol. The molecule has 1 fully saturated rings. The first-order chi connectivity index (χ1) is 12.7. The first-order valence-electron chi connectivity index (χ1n) is 8.94.